The van der Waals surface area contributed by atoms with Crippen molar-refractivity contribution in [2.45, 2.75) is 19.3 Å². The summed E-state index contributed by atoms with van der Waals surface area (Å²) in [6, 6.07) is 9.91. The molecular weight excluding hydrogens is 274 g/mol. The van der Waals surface area contributed by atoms with E-state index in [9.17, 15) is 9.59 Å². The summed E-state index contributed by atoms with van der Waals surface area (Å²) in [5.74, 6) is -0.518. The number of hydrogen-bond donors (Lipinski definition) is 0. The number of imide groups is 1. The molecule has 0 bridgehead atoms. The number of rotatable bonds is 3. The van der Waals surface area contributed by atoms with Crippen LogP contribution in [-0.2, 0) is 16.0 Å². The van der Waals surface area contributed by atoms with Gasteiger partial charge >= 0.3 is 0 Å². The quantitative estimate of drug-likeness (QED) is 0.803. The van der Waals surface area contributed by atoms with E-state index < -0.39 is 0 Å². The summed E-state index contributed by atoms with van der Waals surface area (Å²) < 4.78 is 0. The van der Waals surface area contributed by atoms with Crippen LogP contribution in [0.5, 0.6) is 0 Å². The van der Waals surface area contributed by atoms with E-state index in [1.54, 1.807) is 0 Å². The molecule has 20 heavy (non-hydrogen) atoms. The summed E-state index contributed by atoms with van der Waals surface area (Å²) in [7, 11) is 0. The van der Waals surface area contributed by atoms with Crippen LogP contribution in [0.3, 0.4) is 0 Å². The van der Waals surface area contributed by atoms with E-state index in [1.165, 1.54) is 4.90 Å². The molecule has 4 heteroatoms. The van der Waals surface area contributed by atoms with Crippen LogP contribution in [0, 0.1) is 11.8 Å². The Kier molecular flexibility index (Phi) is 3.62. The number of nitrogens with zero attached hydrogens (tertiary/aromatic N) is 1. The second-order valence-electron chi connectivity index (χ2n) is 5.37. The first kappa shape index (κ1) is 13.4. The highest BCUT2D eigenvalue weighted by molar-refractivity contribution is 6.30. The van der Waals surface area contributed by atoms with E-state index in [4.69, 9.17) is 11.6 Å². The Morgan fingerprint density at radius 2 is 1.80 bits per heavy atom. The number of amides is 2. The Balaban J connectivity index is 1.69. The fourth-order valence-corrected chi connectivity index (χ4v) is 3.26. The van der Waals surface area contributed by atoms with Gasteiger partial charge in [0, 0.05) is 11.6 Å². The normalized spacial score (nSPS) is 25.6. The minimum Gasteiger partial charge on any atom is -0.282 e. The number of likely N-dealkylation sites (tertiary alicyclic amines) is 1. The third-order valence-corrected chi connectivity index (χ3v) is 4.44. The van der Waals surface area contributed by atoms with Crippen molar-refractivity contribution >= 4 is 23.4 Å². The van der Waals surface area contributed by atoms with Gasteiger partial charge in [-0.25, -0.2) is 0 Å². The maximum atomic E-state index is 12.3. The summed E-state index contributed by atoms with van der Waals surface area (Å²) in [6.45, 7) is 0.465. The van der Waals surface area contributed by atoms with Crippen LogP contribution in [0.25, 0.3) is 0 Å². The smallest absolute Gasteiger partial charge is 0.233 e. The van der Waals surface area contributed by atoms with Gasteiger partial charge in [-0.2, -0.15) is 0 Å². The largest absolute Gasteiger partial charge is 0.282 e. The first-order valence-electron chi connectivity index (χ1n) is 6.90. The lowest BCUT2D eigenvalue weighted by atomic mass is 9.85. The zero-order valence-corrected chi connectivity index (χ0v) is 11.8. The Morgan fingerprint density at radius 1 is 1.10 bits per heavy atom. The molecule has 3 rings (SSSR count). The van der Waals surface area contributed by atoms with Gasteiger partial charge in [0.15, 0.2) is 0 Å². The minimum atomic E-state index is -0.240. The third-order valence-electron chi connectivity index (χ3n) is 4.13. The van der Waals surface area contributed by atoms with Gasteiger partial charge in [-0.05, 0) is 24.8 Å². The number of halogens is 1. The Morgan fingerprint density at radius 3 is 2.55 bits per heavy atom. The number of benzene rings is 1. The van der Waals surface area contributed by atoms with Gasteiger partial charge < -0.3 is 0 Å². The maximum absolute atomic E-state index is 12.3. The molecule has 2 aliphatic rings. The Labute approximate surface area is 123 Å². The van der Waals surface area contributed by atoms with E-state index in [0.717, 1.165) is 5.56 Å². The van der Waals surface area contributed by atoms with Crippen molar-refractivity contribution in [1.29, 1.82) is 0 Å². The van der Waals surface area contributed by atoms with Crippen molar-refractivity contribution in [2.24, 2.45) is 11.8 Å². The molecule has 0 saturated carbocycles. The van der Waals surface area contributed by atoms with Gasteiger partial charge in [0.05, 0.1) is 11.8 Å². The van der Waals surface area contributed by atoms with Gasteiger partial charge in [-0.1, -0.05) is 48.0 Å². The molecule has 0 unspecified atom stereocenters. The average molecular weight is 290 g/mol. The molecule has 1 fully saturated rings. The predicted octanol–water partition coefficient (Wildman–Crippen LogP) is 2.75. The van der Waals surface area contributed by atoms with Crippen molar-refractivity contribution in [3.63, 3.8) is 0 Å². The van der Waals surface area contributed by atoms with Crippen molar-refractivity contribution in [2.75, 3.05) is 6.54 Å². The molecule has 1 saturated heterocycles. The topological polar surface area (TPSA) is 37.4 Å². The molecule has 0 N–H and O–H groups in total. The summed E-state index contributed by atoms with van der Waals surface area (Å²) in [4.78, 5) is 26.1. The molecule has 0 aromatic heterocycles. The zero-order chi connectivity index (χ0) is 14.1. The molecule has 1 aromatic carbocycles. The standard InChI is InChI=1S/C16H16ClNO2/c17-12-6-7-13-14(10-12)16(20)18(15(13)19)9-8-11-4-2-1-3-5-11/h1-6,13-14H,7-10H2/t13-,14-/m0/s1. The number of allylic oxidation sites excluding steroid dienone is 2. The maximum Gasteiger partial charge on any atom is 0.233 e. The molecule has 1 heterocycles. The van der Waals surface area contributed by atoms with Crippen LogP contribution in [0.2, 0.25) is 0 Å². The molecule has 0 radical (unpaired) electrons. The summed E-state index contributed by atoms with van der Waals surface area (Å²) in [5, 5.41) is 0.706. The van der Waals surface area contributed by atoms with Crippen molar-refractivity contribution < 1.29 is 9.59 Å². The molecule has 3 nitrogen and oxygen atoms in total. The summed E-state index contributed by atoms with van der Waals surface area (Å²) >= 11 is 6.00. The van der Waals surface area contributed by atoms with E-state index >= 15 is 0 Å². The summed E-state index contributed by atoms with van der Waals surface area (Å²) in [5.41, 5.74) is 1.14. The van der Waals surface area contributed by atoms with Crippen LogP contribution < -0.4 is 0 Å². The van der Waals surface area contributed by atoms with Crippen LogP contribution in [-0.4, -0.2) is 23.3 Å². The van der Waals surface area contributed by atoms with Gasteiger partial charge in [0.2, 0.25) is 11.8 Å². The third kappa shape index (κ3) is 2.38. The number of fused-ring (bicyclic) bond motifs is 1. The lowest BCUT2D eigenvalue weighted by Gasteiger charge is -2.17. The first-order chi connectivity index (χ1) is 9.66. The van der Waals surface area contributed by atoms with Crippen LogP contribution in [0.15, 0.2) is 41.4 Å². The Bertz CT molecular complexity index is 567. The van der Waals surface area contributed by atoms with Crippen molar-refractivity contribution in [1.82, 2.24) is 4.90 Å². The second-order valence-corrected chi connectivity index (χ2v) is 5.85. The molecule has 2 atom stereocenters. The minimum absolute atomic E-state index is 0.0312. The van der Waals surface area contributed by atoms with Crippen molar-refractivity contribution in [3.05, 3.63) is 47.0 Å². The van der Waals surface area contributed by atoms with E-state index in [-0.39, 0.29) is 23.7 Å². The molecule has 1 aromatic rings. The Hall–Kier alpha value is -1.61. The van der Waals surface area contributed by atoms with E-state index in [1.807, 2.05) is 36.4 Å². The average Bonchev–Trinajstić information content (AvgIpc) is 2.70. The molecule has 104 valence electrons. The van der Waals surface area contributed by atoms with Crippen LogP contribution in [0.1, 0.15) is 18.4 Å². The highest BCUT2D eigenvalue weighted by atomic mass is 35.5. The number of carbonyl (C=O) groups excluding carboxylic acids is 2. The summed E-state index contributed by atoms with van der Waals surface area (Å²) in [6.07, 6.45) is 3.68. The zero-order valence-electron chi connectivity index (χ0n) is 11.1. The lowest BCUT2D eigenvalue weighted by Crippen LogP contribution is -2.33. The van der Waals surface area contributed by atoms with E-state index in [2.05, 4.69) is 0 Å². The van der Waals surface area contributed by atoms with Crippen molar-refractivity contribution in [3.8, 4) is 0 Å². The first-order valence-corrected chi connectivity index (χ1v) is 7.28. The highest BCUT2D eigenvalue weighted by Crippen LogP contribution is 2.38. The van der Waals surface area contributed by atoms with Crippen LogP contribution >= 0.6 is 11.6 Å². The lowest BCUT2D eigenvalue weighted by molar-refractivity contribution is -0.139. The predicted molar refractivity (Wildman–Crippen MR) is 77.0 cm³/mol. The molecule has 1 aliphatic carbocycles. The molecule has 1 aliphatic heterocycles. The monoisotopic (exact) mass is 289 g/mol. The van der Waals surface area contributed by atoms with Gasteiger partial charge in [-0.15, -0.1) is 0 Å². The SMILES string of the molecule is O=C1[C@H]2CC=C(Cl)C[C@@H]2C(=O)N1CCc1ccccc1. The molecular formula is C16H16ClNO2. The van der Waals surface area contributed by atoms with Gasteiger partial charge in [-0.3, -0.25) is 14.5 Å². The molecule has 0 spiro atoms. The fraction of sp³-hybridized carbons (Fsp3) is 0.375. The highest BCUT2D eigenvalue weighted by Gasteiger charge is 2.47. The number of hydrogen-bond acceptors (Lipinski definition) is 2. The fourth-order valence-electron chi connectivity index (χ4n) is 3.00. The second kappa shape index (κ2) is 5.41. The van der Waals surface area contributed by atoms with Gasteiger partial charge in [0.25, 0.3) is 0 Å². The molecule has 2 amide bonds. The van der Waals surface area contributed by atoms with Gasteiger partial charge in [0.1, 0.15) is 0 Å². The van der Waals surface area contributed by atoms with Crippen LogP contribution in [0.4, 0.5) is 0 Å². The van der Waals surface area contributed by atoms with E-state index in [0.29, 0.717) is 30.8 Å². The number of carbonyl (C=O) groups is 2.